The van der Waals surface area contributed by atoms with Gasteiger partial charge in [-0.2, -0.15) is 0 Å². The minimum atomic E-state index is 0.0379. The molecule has 2 N–H and O–H groups in total. The SMILES string of the molecule is CC(C)Oc1ncnc2cc(O[C@H]3CCOC3)c(N)cc12. The Bertz CT molecular complexity index is 639. The molecule has 1 atom stereocenters. The molecular formula is C15H19N3O3. The van der Waals surface area contributed by atoms with Gasteiger partial charge >= 0.3 is 0 Å². The lowest BCUT2D eigenvalue weighted by molar-refractivity contribution is 0.142. The molecule has 1 saturated heterocycles. The van der Waals surface area contributed by atoms with E-state index >= 15 is 0 Å². The third kappa shape index (κ3) is 3.00. The van der Waals surface area contributed by atoms with Crippen molar-refractivity contribution in [2.75, 3.05) is 18.9 Å². The third-order valence-corrected chi connectivity index (χ3v) is 3.26. The molecule has 3 rings (SSSR count). The molecule has 0 amide bonds. The normalized spacial score (nSPS) is 18.3. The zero-order valence-electron chi connectivity index (χ0n) is 12.2. The van der Waals surface area contributed by atoms with E-state index in [1.165, 1.54) is 6.33 Å². The van der Waals surface area contributed by atoms with E-state index in [-0.39, 0.29) is 12.2 Å². The lowest BCUT2D eigenvalue weighted by atomic mass is 10.2. The molecule has 0 radical (unpaired) electrons. The molecule has 0 aliphatic carbocycles. The highest BCUT2D eigenvalue weighted by molar-refractivity contribution is 5.88. The molecule has 21 heavy (non-hydrogen) atoms. The third-order valence-electron chi connectivity index (χ3n) is 3.26. The molecule has 1 fully saturated rings. The highest BCUT2D eigenvalue weighted by atomic mass is 16.5. The quantitative estimate of drug-likeness (QED) is 0.869. The van der Waals surface area contributed by atoms with Crippen LogP contribution in [0.5, 0.6) is 11.6 Å². The van der Waals surface area contributed by atoms with Crippen LogP contribution in [0.3, 0.4) is 0 Å². The molecule has 0 saturated carbocycles. The molecule has 0 bridgehead atoms. The van der Waals surface area contributed by atoms with E-state index in [2.05, 4.69) is 9.97 Å². The number of nitrogens with two attached hydrogens (primary N) is 1. The van der Waals surface area contributed by atoms with Crippen LogP contribution in [0.25, 0.3) is 10.9 Å². The fraction of sp³-hybridized carbons (Fsp3) is 0.467. The Labute approximate surface area is 123 Å². The topological polar surface area (TPSA) is 79.5 Å². The number of hydrogen-bond donors (Lipinski definition) is 1. The molecule has 2 aromatic rings. The largest absolute Gasteiger partial charge is 0.486 e. The van der Waals surface area contributed by atoms with Crippen LogP contribution in [0.4, 0.5) is 5.69 Å². The summed E-state index contributed by atoms with van der Waals surface area (Å²) in [7, 11) is 0. The van der Waals surface area contributed by atoms with Gasteiger partial charge in [0.1, 0.15) is 18.2 Å². The summed E-state index contributed by atoms with van der Waals surface area (Å²) in [6.07, 6.45) is 2.45. The van der Waals surface area contributed by atoms with Crippen molar-refractivity contribution in [2.24, 2.45) is 0 Å². The monoisotopic (exact) mass is 289 g/mol. The number of ether oxygens (including phenoxy) is 3. The van der Waals surface area contributed by atoms with Crippen LogP contribution in [-0.4, -0.2) is 35.4 Å². The minimum Gasteiger partial charge on any atom is -0.486 e. The number of benzene rings is 1. The Morgan fingerprint density at radius 2 is 2.19 bits per heavy atom. The van der Waals surface area contributed by atoms with Gasteiger partial charge in [0, 0.05) is 12.5 Å². The minimum absolute atomic E-state index is 0.0379. The summed E-state index contributed by atoms with van der Waals surface area (Å²) in [5.41, 5.74) is 7.39. The second-order valence-electron chi connectivity index (χ2n) is 5.36. The van der Waals surface area contributed by atoms with Crippen molar-refractivity contribution in [3.63, 3.8) is 0 Å². The van der Waals surface area contributed by atoms with Gasteiger partial charge in [-0.05, 0) is 19.9 Å². The van der Waals surface area contributed by atoms with Crippen LogP contribution in [0.15, 0.2) is 18.5 Å². The predicted molar refractivity (Wildman–Crippen MR) is 79.6 cm³/mol. The number of hydrogen-bond acceptors (Lipinski definition) is 6. The van der Waals surface area contributed by atoms with Gasteiger partial charge in [-0.1, -0.05) is 0 Å². The van der Waals surface area contributed by atoms with Crippen molar-refractivity contribution >= 4 is 16.6 Å². The fourth-order valence-electron chi connectivity index (χ4n) is 2.28. The predicted octanol–water partition coefficient (Wildman–Crippen LogP) is 2.17. The number of rotatable bonds is 4. The highest BCUT2D eigenvalue weighted by Gasteiger charge is 2.19. The molecular weight excluding hydrogens is 270 g/mol. The number of anilines is 1. The van der Waals surface area contributed by atoms with E-state index in [0.29, 0.717) is 23.9 Å². The van der Waals surface area contributed by atoms with Gasteiger partial charge in [0.15, 0.2) is 0 Å². The van der Waals surface area contributed by atoms with Crippen LogP contribution < -0.4 is 15.2 Å². The van der Waals surface area contributed by atoms with Gasteiger partial charge in [-0.3, -0.25) is 0 Å². The maximum atomic E-state index is 6.09. The maximum absolute atomic E-state index is 6.09. The Balaban J connectivity index is 1.95. The van der Waals surface area contributed by atoms with Crippen molar-refractivity contribution in [3.05, 3.63) is 18.5 Å². The molecule has 2 heterocycles. The summed E-state index contributed by atoms with van der Waals surface area (Å²) in [5, 5.41) is 0.790. The maximum Gasteiger partial charge on any atom is 0.224 e. The van der Waals surface area contributed by atoms with Gasteiger partial charge < -0.3 is 19.9 Å². The first-order chi connectivity index (χ1) is 10.1. The second kappa shape index (κ2) is 5.73. The summed E-state index contributed by atoms with van der Waals surface area (Å²) in [4.78, 5) is 8.44. The molecule has 6 nitrogen and oxygen atoms in total. The van der Waals surface area contributed by atoms with Gasteiger partial charge in [-0.25, -0.2) is 9.97 Å². The molecule has 1 aromatic heterocycles. The van der Waals surface area contributed by atoms with E-state index in [9.17, 15) is 0 Å². The van der Waals surface area contributed by atoms with Crippen LogP contribution in [-0.2, 0) is 4.74 Å². The Morgan fingerprint density at radius 1 is 1.33 bits per heavy atom. The Kier molecular flexibility index (Phi) is 3.79. The van der Waals surface area contributed by atoms with Crippen LogP contribution in [0.1, 0.15) is 20.3 Å². The number of fused-ring (bicyclic) bond motifs is 1. The lowest BCUT2D eigenvalue weighted by Gasteiger charge is -2.15. The van der Waals surface area contributed by atoms with Crippen molar-refractivity contribution in [1.29, 1.82) is 0 Å². The average molecular weight is 289 g/mol. The molecule has 112 valence electrons. The zero-order chi connectivity index (χ0) is 14.8. The molecule has 0 unspecified atom stereocenters. The van der Waals surface area contributed by atoms with Gasteiger partial charge in [0.25, 0.3) is 0 Å². The van der Waals surface area contributed by atoms with Crippen LogP contribution in [0, 0.1) is 0 Å². The average Bonchev–Trinajstić information content (AvgIpc) is 2.93. The van der Waals surface area contributed by atoms with Gasteiger partial charge in [-0.15, -0.1) is 0 Å². The van der Waals surface area contributed by atoms with Gasteiger partial charge in [0.05, 0.1) is 35.9 Å². The molecule has 1 aliphatic rings. The van der Waals surface area contributed by atoms with Crippen LogP contribution >= 0.6 is 0 Å². The summed E-state index contributed by atoms with van der Waals surface area (Å²) in [5.74, 6) is 1.17. The first-order valence-corrected chi connectivity index (χ1v) is 7.09. The van der Waals surface area contributed by atoms with E-state index < -0.39 is 0 Å². The molecule has 0 spiro atoms. The van der Waals surface area contributed by atoms with E-state index in [0.717, 1.165) is 23.9 Å². The highest BCUT2D eigenvalue weighted by Crippen LogP contribution is 2.32. The zero-order valence-corrected chi connectivity index (χ0v) is 12.2. The Morgan fingerprint density at radius 3 is 2.90 bits per heavy atom. The van der Waals surface area contributed by atoms with Crippen molar-refractivity contribution in [3.8, 4) is 11.6 Å². The molecule has 1 aliphatic heterocycles. The lowest BCUT2D eigenvalue weighted by Crippen LogP contribution is -2.16. The summed E-state index contributed by atoms with van der Waals surface area (Å²) in [6.45, 7) is 5.24. The first kappa shape index (κ1) is 13.9. The van der Waals surface area contributed by atoms with E-state index in [1.54, 1.807) is 6.07 Å². The molecule has 6 heteroatoms. The second-order valence-corrected chi connectivity index (χ2v) is 5.36. The number of aromatic nitrogens is 2. The van der Waals surface area contributed by atoms with E-state index in [1.807, 2.05) is 19.9 Å². The summed E-state index contributed by atoms with van der Waals surface area (Å²) >= 11 is 0. The van der Waals surface area contributed by atoms with Crippen molar-refractivity contribution in [1.82, 2.24) is 9.97 Å². The smallest absolute Gasteiger partial charge is 0.224 e. The summed E-state index contributed by atoms with van der Waals surface area (Å²) < 4.78 is 16.9. The van der Waals surface area contributed by atoms with Crippen molar-refractivity contribution < 1.29 is 14.2 Å². The van der Waals surface area contributed by atoms with E-state index in [4.69, 9.17) is 19.9 Å². The molecule has 1 aromatic carbocycles. The van der Waals surface area contributed by atoms with Gasteiger partial charge in [0.2, 0.25) is 5.88 Å². The number of nitrogens with zero attached hydrogens (tertiary/aromatic N) is 2. The summed E-state index contributed by atoms with van der Waals surface area (Å²) in [6, 6.07) is 3.63. The standard InChI is InChI=1S/C15H19N3O3/c1-9(2)20-15-11-5-12(16)14(6-13(11)17-8-18-15)21-10-3-4-19-7-10/h5-6,8-10H,3-4,7,16H2,1-2H3/t10-/m0/s1. The van der Waals surface area contributed by atoms with Crippen molar-refractivity contribution in [2.45, 2.75) is 32.5 Å². The number of nitrogen functional groups attached to an aromatic ring is 1. The Hall–Kier alpha value is -2.08. The van der Waals surface area contributed by atoms with Crippen LogP contribution in [0.2, 0.25) is 0 Å². The fourth-order valence-corrected chi connectivity index (χ4v) is 2.28. The first-order valence-electron chi connectivity index (χ1n) is 7.09.